The Hall–Kier alpha value is -3.00. The Morgan fingerprint density at radius 1 is 1.15 bits per heavy atom. The molecular weight excluding hydrogens is 422 g/mol. The fourth-order valence-electron chi connectivity index (χ4n) is 2.41. The summed E-state index contributed by atoms with van der Waals surface area (Å²) in [4.78, 5) is 23.9. The topological polar surface area (TPSA) is 74.3 Å². The molecule has 0 fully saturated rings. The molecule has 0 unspecified atom stereocenters. The van der Waals surface area contributed by atoms with Crippen molar-refractivity contribution in [2.75, 3.05) is 0 Å². The van der Waals surface area contributed by atoms with Crippen LogP contribution in [0.1, 0.15) is 15.9 Å². The van der Waals surface area contributed by atoms with E-state index in [-0.39, 0.29) is 28.0 Å². The van der Waals surface area contributed by atoms with Crippen molar-refractivity contribution in [3.8, 4) is 11.4 Å². The Bertz CT molecular complexity index is 1080. The summed E-state index contributed by atoms with van der Waals surface area (Å²) in [6.45, 7) is -0.175. The minimum absolute atomic E-state index is 0.122. The highest BCUT2D eigenvalue weighted by atomic mass is 79.9. The average molecular weight is 435 g/mol. The molecule has 0 saturated heterocycles. The molecule has 3 aromatic rings. The number of pyridine rings is 1. The van der Waals surface area contributed by atoms with E-state index < -0.39 is 23.1 Å². The molecule has 5 nitrogen and oxygen atoms in total. The summed E-state index contributed by atoms with van der Waals surface area (Å²) in [6.07, 6.45) is 1.46. The second-order valence-electron chi connectivity index (χ2n) is 5.61. The van der Waals surface area contributed by atoms with E-state index in [0.717, 1.165) is 12.1 Å². The number of benzene rings is 2. The largest absolute Gasteiger partial charge is 0.487 e. The number of primary amides is 1. The molecule has 2 aromatic carbocycles. The lowest BCUT2D eigenvalue weighted by Crippen LogP contribution is -2.20. The molecule has 2 N–H and O–H groups in total. The van der Waals surface area contributed by atoms with Gasteiger partial charge in [-0.05, 0) is 52.3 Å². The third-order valence-electron chi connectivity index (χ3n) is 3.81. The first-order valence-corrected chi connectivity index (χ1v) is 8.54. The van der Waals surface area contributed by atoms with Crippen LogP contribution < -0.4 is 16.0 Å². The third kappa shape index (κ3) is 4.06. The van der Waals surface area contributed by atoms with Crippen LogP contribution in [-0.2, 0) is 6.61 Å². The van der Waals surface area contributed by atoms with Gasteiger partial charge in [0.1, 0.15) is 28.5 Å². The van der Waals surface area contributed by atoms with E-state index in [1.165, 1.54) is 29.0 Å². The van der Waals surface area contributed by atoms with E-state index in [2.05, 4.69) is 15.9 Å². The van der Waals surface area contributed by atoms with Crippen LogP contribution in [-0.4, -0.2) is 10.5 Å². The molecule has 0 saturated carbocycles. The lowest BCUT2D eigenvalue weighted by Gasteiger charge is -2.12. The molecule has 8 heteroatoms. The van der Waals surface area contributed by atoms with Gasteiger partial charge >= 0.3 is 0 Å². The number of halogens is 3. The van der Waals surface area contributed by atoms with E-state index in [0.29, 0.717) is 5.69 Å². The lowest BCUT2D eigenvalue weighted by atomic mass is 10.2. The maximum absolute atomic E-state index is 13.7. The molecule has 0 aliphatic carbocycles. The summed E-state index contributed by atoms with van der Waals surface area (Å²) in [5.74, 6) is -1.82. The van der Waals surface area contributed by atoms with Gasteiger partial charge in [-0.15, -0.1) is 0 Å². The van der Waals surface area contributed by atoms with Crippen molar-refractivity contribution in [2.24, 2.45) is 5.73 Å². The fraction of sp³-hybridized carbons (Fsp3) is 0.0526. The standard InChI is InChI=1S/C19H13BrF2N2O3/c20-17-16(27-10-12-4-5-13(21)9-15(12)22)6-7-24(19(17)26)14-3-1-2-11(8-14)18(23)25/h1-9H,10H2,(H2,23,25). The smallest absolute Gasteiger partial charge is 0.273 e. The molecule has 1 amide bonds. The molecule has 138 valence electrons. The number of carbonyl (C=O) groups is 1. The number of hydrogen-bond acceptors (Lipinski definition) is 3. The van der Waals surface area contributed by atoms with Crippen LogP contribution in [0.5, 0.6) is 5.75 Å². The van der Waals surface area contributed by atoms with Gasteiger partial charge in [0.2, 0.25) is 5.91 Å². The summed E-state index contributed by atoms with van der Waals surface area (Å²) in [5, 5.41) is 0. The highest BCUT2D eigenvalue weighted by Gasteiger charge is 2.12. The summed E-state index contributed by atoms with van der Waals surface area (Å²) in [5.41, 5.74) is 5.70. The molecular formula is C19H13BrF2N2O3. The van der Waals surface area contributed by atoms with Crippen molar-refractivity contribution in [3.63, 3.8) is 0 Å². The first-order valence-electron chi connectivity index (χ1n) is 7.75. The van der Waals surface area contributed by atoms with Crippen molar-refractivity contribution in [1.29, 1.82) is 0 Å². The Labute approximate surface area is 161 Å². The van der Waals surface area contributed by atoms with Gasteiger partial charge in [-0.2, -0.15) is 0 Å². The second kappa shape index (κ2) is 7.71. The Kier molecular flexibility index (Phi) is 5.36. The van der Waals surface area contributed by atoms with Crippen molar-refractivity contribution in [1.82, 2.24) is 4.57 Å². The number of amides is 1. The quantitative estimate of drug-likeness (QED) is 0.666. The molecule has 0 bridgehead atoms. The molecule has 3 rings (SSSR count). The van der Waals surface area contributed by atoms with Gasteiger partial charge in [0, 0.05) is 29.1 Å². The van der Waals surface area contributed by atoms with Gasteiger partial charge < -0.3 is 10.5 Å². The summed E-state index contributed by atoms with van der Waals surface area (Å²) in [6, 6.07) is 11.0. The predicted octanol–water partition coefficient (Wildman–Crippen LogP) is 3.56. The predicted molar refractivity (Wildman–Crippen MR) is 98.9 cm³/mol. The number of hydrogen-bond donors (Lipinski definition) is 1. The van der Waals surface area contributed by atoms with Crippen LogP contribution in [0.4, 0.5) is 8.78 Å². The van der Waals surface area contributed by atoms with Gasteiger partial charge in [0.25, 0.3) is 5.56 Å². The summed E-state index contributed by atoms with van der Waals surface area (Å²) in [7, 11) is 0. The zero-order valence-electron chi connectivity index (χ0n) is 13.8. The van der Waals surface area contributed by atoms with E-state index in [1.807, 2.05) is 0 Å². The molecule has 27 heavy (non-hydrogen) atoms. The Morgan fingerprint density at radius 2 is 1.93 bits per heavy atom. The number of aromatic nitrogens is 1. The van der Waals surface area contributed by atoms with Crippen LogP contribution >= 0.6 is 15.9 Å². The highest BCUT2D eigenvalue weighted by molar-refractivity contribution is 9.10. The second-order valence-corrected chi connectivity index (χ2v) is 6.40. The van der Waals surface area contributed by atoms with Gasteiger partial charge in [-0.1, -0.05) is 6.07 Å². The Morgan fingerprint density at radius 3 is 2.63 bits per heavy atom. The zero-order chi connectivity index (χ0) is 19.6. The van der Waals surface area contributed by atoms with Gasteiger partial charge in [-0.3, -0.25) is 14.2 Å². The number of nitrogens with two attached hydrogens (primary N) is 1. The van der Waals surface area contributed by atoms with Crippen molar-refractivity contribution < 1.29 is 18.3 Å². The van der Waals surface area contributed by atoms with Crippen molar-refractivity contribution in [3.05, 3.63) is 92.3 Å². The Balaban J connectivity index is 1.88. The maximum Gasteiger partial charge on any atom is 0.273 e. The van der Waals surface area contributed by atoms with Crippen LogP contribution in [0, 0.1) is 11.6 Å². The van der Waals surface area contributed by atoms with Crippen LogP contribution in [0.25, 0.3) is 5.69 Å². The van der Waals surface area contributed by atoms with E-state index >= 15 is 0 Å². The number of carbonyl (C=O) groups excluding carboxylic acids is 1. The average Bonchev–Trinajstić information content (AvgIpc) is 2.64. The SMILES string of the molecule is NC(=O)c1cccc(-n2ccc(OCc3ccc(F)cc3F)c(Br)c2=O)c1. The van der Waals surface area contributed by atoms with E-state index in [4.69, 9.17) is 10.5 Å². The van der Waals surface area contributed by atoms with E-state index in [1.54, 1.807) is 18.2 Å². The number of nitrogens with zero attached hydrogens (tertiary/aromatic N) is 1. The van der Waals surface area contributed by atoms with Crippen molar-refractivity contribution in [2.45, 2.75) is 6.61 Å². The maximum atomic E-state index is 13.7. The van der Waals surface area contributed by atoms with Gasteiger partial charge in [0.05, 0.1) is 0 Å². The zero-order valence-corrected chi connectivity index (χ0v) is 15.4. The molecule has 1 aromatic heterocycles. The summed E-state index contributed by atoms with van der Waals surface area (Å²) >= 11 is 3.18. The highest BCUT2D eigenvalue weighted by Crippen LogP contribution is 2.23. The van der Waals surface area contributed by atoms with Crippen LogP contribution in [0.2, 0.25) is 0 Å². The van der Waals surface area contributed by atoms with E-state index in [9.17, 15) is 18.4 Å². The molecule has 0 spiro atoms. The molecule has 0 atom stereocenters. The molecule has 0 radical (unpaired) electrons. The monoisotopic (exact) mass is 434 g/mol. The first-order chi connectivity index (χ1) is 12.9. The fourth-order valence-corrected chi connectivity index (χ4v) is 2.85. The van der Waals surface area contributed by atoms with Crippen molar-refractivity contribution >= 4 is 21.8 Å². The third-order valence-corrected chi connectivity index (χ3v) is 4.53. The van der Waals surface area contributed by atoms with Gasteiger partial charge in [-0.25, -0.2) is 8.78 Å². The normalized spacial score (nSPS) is 10.6. The van der Waals surface area contributed by atoms with Crippen LogP contribution in [0.15, 0.2) is 64.0 Å². The van der Waals surface area contributed by atoms with Crippen LogP contribution in [0.3, 0.4) is 0 Å². The number of ether oxygens (including phenoxy) is 1. The molecule has 0 aliphatic rings. The number of rotatable bonds is 5. The minimum Gasteiger partial charge on any atom is -0.487 e. The summed E-state index contributed by atoms with van der Waals surface area (Å²) < 4.78 is 33.5. The first kappa shape index (κ1) is 18.8. The molecule has 1 heterocycles. The lowest BCUT2D eigenvalue weighted by molar-refractivity contribution is 0.1000. The minimum atomic E-state index is -0.734. The molecule has 0 aliphatic heterocycles. The van der Waals surface area contributed by atoms with Gasteiger partial charge in [0.15, 0.2) is 0 Å².